The van der Waals surface area contributed by atoms with Crippen LogP contribution in [0, 0.1) is 0 Å². The smallest absolute Gasteiger partial charge is 0.182 e. The van der Waals surface area contributed by atoms with Gasteiger partial charge in [0.15, 0.2) is 13.7 Å². The van der Waals surface area contributed by atoms with Gasteiger partial charge in [-0.25, -0.2) is 0 Å². The fourth-order valence-corrected chi connectivity index (χ4v) is 16.4. The van der Waals surface area contributed by atoms with Crippen molar-refractivity contribution in [1.29, 1.82) is 0 Å². The van der Waals surface area contributed by atoms with E-state index in [1.54, 1.807) is 0 Å². The van der Waals surface area contributed by atoms with E-state index in [0.717, 1.165) is 16.9 Å². The van der Waals surface area contributed by atoms with Crippen LogP contribution in [-0.2, 0) is 5.41 Å². The Bertz CT molecular complexity index is 2650. The lowest BCUT2D eigenvalue weighted by molar-refractivity contribution is 0.530. The number of nitrogens with zero attached hydrogens (tertiary/aromatic N) is 1. The van der Waals surface area contributed by atoms with Gasteiger partial charge in [-0.05, 0) is 91.2 Å². The minimum Gasteiger partial charge on any atom is -0.454 e. The molecule has 0 N–H and O–H groups in total. The molecule has 0 amide bonds. The van der Waals surface area contributed by atoms with Gasteiger partial charge in [-0.1, -0.05) is 140 Å². The molecule has 0 saturated heterocycles. The van der Waals surface area contributed by atoms with Crippen molar-refractivity contribution >= 4 is 67.8 Å². The Labute approximate surface area is 292 Å². The van der Waals surface area contributed by atoms with Crippen molar-refractivity contribution in [2.75, 3.05) is 4.90 Å². The first-order chi connectivity index (χ1) is 24.8. The summed E-state index contributed by atoms with van der Waals surface area (Å²) < 4.78 is 7.09. The highest BCUT2D eigenvalue weighted by molar-refractivity contribution is 7.24. The summed E-state index contributed by atoms with van der Waals surface area (Å²) in [5.41, 5.74) is 14.0. The number of hydrogen-bond donors (Lipinski definition) is 0. The molecule has 0 radical (unpaired) electrons. The lowest BCUT2D eigenvalue weighted by Crippen LogP contribution is -2.70. The zero-order chi connectivity index (χ0) is 32.6. The summed E-state index contributed by atoms with van der Waals surface area (Å²) in [4.78, 5) is 2.57. The highest BCUT2D eigenvalue weighted by Crippen LogP contribution is 2.59. The molecule has 1 aromatic heterocycles. The van der Waals surface area contributed by atoms with Crippen molar-refractivity contribution < 1.29 is 4.42 Å². The van der Waals surface area contributed by atoms with E-state index >= 15 is 0 Å². The minimum absolute atomic E-state index is 0.0446. The second-order valence-corrected chi connectivity index (χ2v) is 18.3. The Kier molecular flexibility index (Phi) is 5.18. The maximum absolute atomic E-state index is 7.09. The Hall–Kier alpha value is -5.64. The number of para-hydroxylation sites is 3. The van der Waals surface area contributed by atoms with Crippen molar-refractivity contribution in [3.05, 3.63) is 163 Å². The summed E-state index contributed by atoms with van der Waals surface area (Å²) in [6.45, 7) is 0. The van der Waals surface area contributed by atoms with Crippen LogP contribution >= 0.6 is 0 Å². The fraction of sp³-hybridized carbons (Fsp3) is 0.106. The van der Waals surface area contributed by atoms with E-state index in [4.69, 9.17) is 4.42 Å². The van der Waals surface area contributed by atoms with Crippen molar-refractivity contribution in [1.82, 2.24) is 0 Å². The van der Waals surface area contributed by atoms with Gasteiger partial charge >= 0.3 is 0 Å². The van der Waals surface area contributed by atoms with E-state index in [1.807, 2.05) is 0 Å². The molecule has 0 atom stereocenters. The number of hydrogen-bond acceptors (Lipinski definition) is 2. The average molecular weight is 656 g/mol. The Morgan fingerprint density at radius 1 is 0.500 bits per heavy atom. The van der Waals surface area contributed by atoms with Crippen LogP contribution in [-0.4, -0.2) is 8.07 Å². The SMILES string of the molecule is c1ccc2c(c1)-c1ccccc1[Si]21c2ccccc2-c2c1cc(N1c3ccccc3C3(CCCC3)c3ccccc31)c1oc3ccccc3c21. The number of anilines is 3. The van der Waals surface area contributed by atoms with E-state index in [0.29, 0.717) is 0 Å². The predicted octanol–water partition coefficient (Wildman–Crippen LogP) is 9.57. The van der Waals surface area contributed by atoms with Crippen LogP contribution in [0.2, 0.25) is 0 Å². The van der Waals surface area contributed by atoms with Crippen molar-refractivity contribution in [2.45, 2.75) is 31.1 Å². The molecule has 4 aliphatic rings. The number of furan rings is 1. The quantitative estimate of drug-likeness (QED) is 0.164. The topological polar surface area (TPSA) is 16.4 Å². The van der Waals surface area contributed by atoms with Gasteiger partial charge in [0.25, 0.3) is 0 Å². The fourth-order valence-electron chi connectivity index (χ4n) is 10.8. The van der Waals surface area contributed by atoms with Crippen LogP contribution in [0.3, 0.4) is 0 Å². The molecule has 3 aliphatic heterocycles. The van der Waals surface area contributed by atoms with Crippen LogP contribution in [0.25, 0.3) is 44.2 Å². The van der Waals surface area contributed by atoms with Crippen LogP contribution < -0.4 is 25.6 Å². The van der Waals surface area contributed by atoms with Crippen molar-refractivity contribution in [3.8, 4) is 22.3 Å². The second-order valence-electron chi connectivity index (χ2n) is 14.7. The molecule has 0 bridgehead atoms. The van der Waals surface area contributed by atoms with Crippen LogP contribution in [0.4, 0.5) is 17.1 Å². The Morgan fingerprint density at radius 2 is 1.02 bits per heavy atom. The summed E-state index contributed by atoms with van der Waals surface area (Å²) in [5, 5.41) is 8.38. The zero-order valence-electron chi connectivity index (χ0n) is 27.6. The summed E-state index contributed by atoms with van der Waals surface area (Å²) in [7, 11) is -2.71. The third-order valence-electron chi connectivity index (χ3n) is 12.6. The molecule has 12 rings (SSSR count). The van der Waals surface area contributed by atoms with Gasteiger partial charge in [-0.2, -0.15) is 0 Å². The molecule has 236 valence electrons. The molecule has 3 heteroatoms. The van der Waals surface area contributed by atoms with Crippen LogP contribution in [0.15, 0.2) is 156 Å². The third-order valence-corrected chi connectivity index (χ3v) is 17.5. The van der Waals surface area contributed by atoms with Gasteiger partial charge in [0.1, 0.15) is 5.58 Å². The van der Waals surface area contributed by atoms with Crippen LogP contribution in [0.5, 0.6) is 0 Å². The lowest BCUT2D eigenvalue weighted by atomic mass is 9.69. The highest BCUT2D eigenvalue weighted by Gasteiger charge is 2.55. The summed E-state index contributed by atoms with van der Waals surface area (Å²) in [6, 6.07) is 57.5. The Morgan fingerprint density at radius 3 is 1.68 bits per heavy atom. The van der Waals surface area contributed by atoms with Gasteiger partial charge in [0, 0.05) is 16.2 Å². The van der Waals surface area contributed by atoms with Gasteiger partial charge in [0.05, 0.1) is 17.1 Å². The first-order valence-corrected chi connectivity index (χ1v) is 20.1. The standard InChI is InChI=1S/C47H33NOSi/c1-9-23-39-32(17-1)45-44-33-18-4-12-26-42(33)50(40-24-10-2-15-30(40)31-16-3-11-25-41(31)50)43(44)29-38(46(45)49-39)48-36-21-7-5-19-34(36)47(27-13-14-28-47)35-20-6-8-22-37(35)48/h1-12,15-26,29H,13-14,27-28H2. The third kappa shape index (κ3) is 3.08. The van der Waals surface area contributed by atoms with E-state index in [2.05, 4.69) is 157 Å². The predicted molar refractivity (Wildman–Crippen MR) is 209 cm³/mol. The van der Waals surface area contributed by atoms with E-state index < -0.39 is 8.07 Å². The Balaban J connectivity index is 1.28. The molecule has 4 heterocycles. The molecule has 7 aromatic carbocycles. The molecule has 1 fully saturated rings. The maximum Gasteiger partial charge on any atom is 0.182 e. The second kappa shape index (κ2) is 9.53. The first kappa shape index (κ1) is 27.2. The molecule has 2 spiro atoms. The number of fused-ring (bicyclic) bond motifs is 18. The van der Waals surface area contributed by atoms with Crippen molar-refractivity contribution in [2.24, 2.45) is 0 Å². The van der Waals surface area contributed by atoms with Gasteiger partial charge in [0.2, 0.25) is 0 Å². The molecule has 1 aliphatic carbocycles. The average Bonchev–Trinajstić information content (AvgIpc) is 3.95. The van der Waals surface area contributed by atoms with Gasteiger partial charge in [-0.15, -0.1) is 0 Å². The molecular formula is C47H33NOSi. The molecule has 0 unspecified atom stereocenters. The number of benzene rings is 7. The highest BCUT2D eigenvalue weighted by atomic mass is 28.3. The van der Waals surface area contributed by atoms with E-state index in [-0.39, 0.29) is 5.41 Å². The first-order valence-electron chi connectivity index (χ1n) is 18.1. The molecule has 50 heavy (non-hydrogen) atoms. The summed E-state index contributed by atoms with van der Waals surface area (Å²) in [5.74, 6) is 0. The maximum atomic E-state index is 7.09. The molecule has 8 aromatic rings. The van der Waals surface area contributed by atoms with E-state index in [9.17, 15) is 0 Å². The molecule has 2 nitrogen and oxygen atoms in total. The summed E-state index contributed by atoms with van der Waals surface area (Å²) in [6.07, 6.45) is 4.91. The van der Waals surface area contributed by atoms with Crippen LogP contribution in [0.1, 0.15) is 36.8 Å². The molecular weight excluding hydrogens is 623 g/mol. The largest absolute Gasteiger partial charge is 0.454 e. The monoisotopic (exact) mass is 655 g/mol. The van der Waals surface area contributed by atoms with E-state index in [1.165, 1.54) is 102 Å². The van der Waals surface area contributed by atoms with Gasteiger partial charge < -0.3 is 9.32 Å². The summed E-state index contributed by atoms with van der Waals surface area (Å²) >= 11 is 0. The molecule has 1 saturated carbocycles. The lowest BCUT2D eigenvalue weighted by Gasteiger charge is -2.44. The number of rotatable bonds is 1. The van der Waals surface area contributed by atoms with Crippen molar-refractivity contribution in [3.63, 3.8) is 0 Å². The zero-order valence-corrected chi connectivity index (χ0v) is 28.6. The minimum atomic E-state index is -2.71. The van der Waals surface area contributed by atoms with Gasteiger partial charge in [-0.3, -0.25) is 0 Å². The normalized spacial score (nSPS) is 16.8.